The van der Waals surface area contributed by atoms with Crippen molar-refractivity contribution in [3.63, 3.8) is 0 Å². The van der Waals surface area contributed by atoms with Crippen molar-refractivity contribution in [2.24, 2.45) is 4.99 Å². The van der Waals surface area contributed by atoms with E-state index >= 15 is 0 Å². The summed E-state index contributed by atoms with van der Waals surface area (Å²) in [6.45, 7) is 5.38. The number of aryl methyl sites for hydroxylation is 1. The number of alkyl halides is 3. The first-order chi connectivity index (χ1) is 13.8. The van der Waals surface area contributed by atoms with Crippen LogP contribution in [0.3, 0.4) is 0 Å². The number of carbonyl (C=O) groups excluding carboxylic acids is 1. The number of carbonyl (C=O) groups is 1. The van der Waals surface area contributed by atoms with Crippen LogP contribution in [-0.4, -0.2) is 11.6 Å². The summed E-state index contributed by atoms with van der Waals surface area (Å²) in [4.78, 5) is 16.7. The Morgan fingerprint density at radius 1 is 1.21 bits per heavy atom. The number of amides is 1. The predicted octanol–water partition coefficient (Wildman–Crippen LogP) is 6.90. The third-order valence-electron chi connectivity index (χ3n) is 3.94. The lowest BCUT2D eigenvalue weighted by Crippen LogP contribution is -2.15. The Labute approximate surface area is 184 Å². The zero-order valence-electron chi connectivity index (χ0n) is 15.9. The smallest absolute Gasteiger partial charge is 0.324 e. The predicted molar refractivity (Wildman–Crippen MR) is 122 cm³/mol. The number of fused-ring (bicyclic) bond motifs is 1. The number of rotatable bonds is 1. The highest BCUT2D eigenvalue weighted by atomic mass is 127. The summed E-state index contributed by atoms with van der Waals surface area (Å²) < 4.78 is 39.4. The van der Waals surface area contributed by atoms with Gasteiger partial charge >= 0.3 is 6.18 Å². The van der Waals surface area contributed by atoms with Gasteiger partial charge in [-0.3, -0.25) is 9.79 Å². The van der Waals surface area contributed by atoms with E-state index in [1.807, 2.05) is 26.0 Å². The highest BCUT2D eigenvalue weighted by Crippen LogP contribution is 2.39. The fourth-order valence-electron chi connectivity index (χ4n) is 2.74. The third-order valence-corrected chi connectivity index (χ3v) is 4.78. The Morgan fingerprint density at radius 3 is 2.59 bits per heavy atom. The van der Waals surface area contributed by atoms with Crippen LogP contribution in [0.15, 0.2) is 41.4 Å². The zero-order valence-corrected chi connectivity index (χ0v) is 18.9. The lowest BCUT2D eigenvalue weighted by molar-refractivity contribution is -0.138. The Hall–Kier alpha value is -1.99. The molecular formula is C21H18F3IN2OS. The van der Waals surface area contributed by atoms with E-state index in [9.17, 15) is 18.0 Å². The Morgan fingerprint density at radius 2 is 1.93 bits per heavy atom. The van der Waals surface area contributed by atoms with E-state index in [4.69, 9.17) is 0 Å². The second-order valence-corrected chi connectivity index (χ2v) is 7.53. The van der Waals surface area contributed by atoms with E-state index in [2.05, 4.69) is 42.7 Å². The molecule has 1 N–H and O–H groups in total. The molecule has 1 aliphatic rings. The number of halogens is 4. The van der Waals surface area contributed by atoms with Crippen LogP contribution in [0.5, 0.6) is 0 Å². The molecule has 2 aromatic rings. The molecule has 0 aliphatic carbocycles. The SMILES string of the molecule is CC.Cc1cc2c(cc1C(F)(F)F)NC(=O)CC(c1cccc(C#CSI)c1)=N2. The second-order valence-electron chi connectivity index (χ2n) is 5.85. The molecule has 0 saturated heterocycles. The molecule has 0 atom stereocenters. The van der Waals surface area contributed by atoms with Gasteiger partial charge < -0.3 is 5.32 Å². The van der Waals surface area contributed by atoms with E-state index in [0.29, 0.717) is 17.0 Å². The lowest BCUT2D eigenvalue weighted by atomic mass is 10.0. The number of hydrogen-bond acceptors (Lipinski definition) is 3. The molecule has 1 amide bonds. The van der Waals surface area contributed by atoms with E-state index in [1.54, 1.807) is 12.1 Å². The largest absolute Gasteiger partial charge is 0.416 e. The van der Waals surface area contributed by atoms with E-state index in [1.165, 1.54) is 21.9 Å². The molecule has 0 saturated carbocycles. The molecule has 0 bridgehead atoms. The van der Waals surface area contributed by atoms with Gasteiger partial charge in [-0.05, 0) is 56.5 Å². The molecule has 0 aromatic heterocycles. The number of nitrogens with one attached hydrogen (secondary N) is 1. The van der Waals surface area contributed by atoms with Gasteiger partial charge in [-0.1, -0.05) is 31.9 Å². The van der Waals surface area contributed by atoms with Crippen LogP contribution in [-0.2, 0) is 11.0 Å². The molecule has 29 heavy (non-hydrogen) atoms. The van der Waals surface area contributed by atoms with Crippen LogP contribution in [0.4, 0.5) is 24.5 Å². The summed E-state index contributed by atoms with van der Waals surface area (Å²) in [5.41, 5.74) is 1.60. The summed E-state index contributed by atoms with van der Waals surface area (Å²) in [7, 11) is 1.36. The maximum Gasteiger partial charge on any atom is 0.416 e. The van der Waals surface area contributed by atoms with Crippen molar-refractivity contribution in [3.8, 4) is 11.2 Å². The first-order valence-corrected chi connectivity index (χ1v) is 12.1. The Balaban J connectivity index is 0.00000145. The zero-order chi connectivity index (χ0) is 21.6. The van der Waals surface area contributed by atoms with E-state index < -0.39 is 17.6 Å². The Bertz CT molecular complexity index is 1010. The van der Waals surface area contributed by atoms with E-state index in [0.717, 1.165) is 11.6 Å². The van der Waals surface area contributed by atoms with Crippen molar-refractivity contribution in [2.45, 2.75) is 33.4 Å². The molecule has 1 aliphatic heterocycles. The first-order valence-electron chi connectivity index (χ1n) is 8.76. The number of benzene rings is 2. The van der Waals surface area contributed by atoms with Crippen molar-refractivity contribution in [1.82, 2.24) is 0 Å². The molecule has 1 heterocycles. The first kappa shape index (κ1) is 23.3. The quantitative estimate of drug-likeness (QED) is 0.322. The van der Waals surface area contributed by atoms with Gasteiger partial charge in [-0.15, -0.1) is 0 Å². The molecule has 3 nitrogen and oxygen atoms in total. The van der Waals surface area contributed by atoms with Crippen molar-refractivity contribution in [2.75, 3.05) is 5.32 Å². The molecule has 152 valence electrons. The van der Waals surface area contributed by atoms with Gasteiger partial charge in [-0.2, -0.15) is 13.2 Å². The standard InChI is InChI=1S/C19H12F3IN2OS.C2H6/c1-11-7-16-17(9-14(11)19(20,21)22)25-18(26)10-15(24-16)13-4-2-3-12(8-13)5-6-27-23;1-2/h2-4,7-9H,10H2,1H3,(H,25,26);1-2H3. The van der Waals surface area contributed by atoms with Crippen LogP contribution in [0.2, 0.25) is 0 Å². The van der Waals surface area contributed by atoms with Crippen LogP contribution in [0.25, 0.3) is 0 Å². The minimum absolute atomic E-state index is 0.0347. The van der Waals surface area contributed by atoms with Gasteiger partial charge in [0.25, 0.3) is 0 Å². The maximum absolute atomic E-state index is 13.1. The average Bonchev–Trinajstić information content (AvgIpc) is 2.84. The normalized spacial score (nSPS) is 12.9. The molecule has 2 aromatic carbocycles. The van der Waals surface area contributed by atoms with Crippen LogP contribution >= 0.6 is 30.1 Å². The summed E-state index contributed by atoms with van der Waals surface area (Å²) in [6.07, 6.45) is -4.53. The monoisotopic (exact) mass is 530 g/mol. The van der Waals surface area contributed by atoms with Gasteiger partial charge in [-0.25, -0.2) is 0 Å². The van der Waals surface area contributed by atoms with Crippen molar-refractivity contribution < 1.29 is 18.0 Å². The van der Waals surface area contributed by atoms with Gasteiger partial charge in [0.1, 0.15) is 0 Å². The Kier molecular flexibility index (Phi) is 8.16. The summed E-state index contributed by atoms with van der Waals surface area (Å²) in [5, 5.41) is 5.41. The fourth-order valence-corrected chi connectivity index (χ4v) is 3.23. The molecule has 0 unspecified atom stereocenters. The average molecular weight is 530 g/mol. The topological polar surface area (TPSA) is 41.5 Å². The third kappa shape index (κ3) is 6.00. The van der Waals surface area contributed by atoms with Crippen molar-refractivity contribution in [1.29, 1.82) is 0 Å². The number of anilines is 1. The molecule has 0 spiro atoms. The molecule has 0 fully saturated rings. The minimum atomic E-state index is -4.49. The van der Waals surface area contributed by atoms with Crippen LogP contribution < -0.4 is 5.32 Å². The summed E-state index contributed by atoms with van der Waals surface area (Å²) in [6, 6.07) is 9.55. The van der Waals surface area contributed by atoms with Crippen molar-refractivity contribution >= 4 is 53.1 Å². The van der Waals surface area contributed by atoms with Crippen molar-refractivity contribution in [3.05, 3.63) is 58.7 Å². The summed E-state index contributed by atoms with van der Waals surface area (Å²) in [5.74, 6) is 2.56. The number of hydrogen-bond donors (Lipinski definition) is 1. The summed E-state index contributed by atoms with van der Waals surface area (Å²) >= 11 is 2.07. The maximum atomic E-state index is 13.1. The molecule has 0 radical (unpaired) electrons. The molecule has 8 heteroatoms. The van der Waals surface area contributed by atoms with E-state index in [-0.39, 0.29) is 17.7 Å². The van der Waals surface area contributed by atoms with Crippen LogP contribution in [0.1, 0.15) is 42.5 Å². The number of aliphatic imine (C=N–C) groups is 1. The number of nitrogens with zero attached hydrogens (tertiary/aromatic N) is 1. The highest BCUT2D eigenvalue weighted by molar-refractivity contribution is 14.2. The molecule has 3 rings (SSSR count). The van der Waals surface area contributed by atoms with Gasteiger partial charge in [0.05, 0.1) is 29.1 Å². The van der Waals surface area contributed by atoms with Gasteiger partial charge in [0.15, 0.2) is 0 Å². The molecular weight excluding hydrogens is 512 g/mol. The fraction of sp³-hybridized carbons (Fsp3) is 0.238. The minimum Gasteiger partial charge on any atom is -0.324 e. The highest BCUT2D eigenvalue weighted by Gasteiger charge is 2.33. The van der Waals surface area contributed by atoms with Gasteiger partial charge in [0.2, 0.25) is 5.91 Å². The van der Waals surface area contributed by atoms with Gasteiger partial charge in [0, 0.05) is 26.8 Å². The second kappa shape index (κ2) is 10.2. The lowest BCUT2D eigenvalue weighted by Gasteiger charge is -2.13. The van der Waals surface area contributed by atoms with Crippen LogP contribution in [0, 0.1) is 18.1 Å².